The first kappa shape index (κ1) is 20.2. The molecule has 6 heteroatoms. The molecule has 2 aromatic carbocycles. The molecule has 1 fully saturated rings. The number of hydrogen-bond donors (Lipinski definition) is 2. The van der Waals surface area contributed by atoms with Crippen LogP contribution >= 0.6 is 0 Å². The van der Waals surface area contributed by atoms with Gasteiger partial charge in [-0.3, -0.25) is 14.7 Å². The summed E-state index contributed by atoms with van der Waals surface area (Å²) in [6, 6.07) is 21.6. The van der Waals surface area contributed by atoms with Crippen molar-refractivity contribution in [2.45, 2.75) is 18.9 Å². The molecule has 0 unspecified atom stereocenters. The van der Waals surface area contributed by atoms with Crippen molar-refractivity contribution in [3.8, 4) is 0 Å². The van der Waals surface area contributed by atoms with Gasteiger partial charge in [-0.15, -0.1) is 0 Å². The van der Waals surface area contributed by atoms with Crippen LogP contribution in [0.4, 0.5) is 17.2 Å². The van der Waals surface area contributed by atoms with Crippen LogP contribution in [0.1, 0.15) is 23.2 Å². The van der Waals surface area contributed by atoms with Gasteiger partial charge < -0.3 is 10.6 Å². The number of piperidine rings is 1. The number of carbonyl (C=O) groups excluding carboxylic acids is 1. The zero-order valence-corrected chi connectivity index (χ0v) is 17.7. The SMILES string of the molecule is O=C(c1ccc(Nc2ccncc2)cc1)N(c1cc2ccccc2cn1)[C@@H]1CCCNC1. The summed E-state index contributed by atoms with van der Waals surface area (Å²) in [5.41, 5.74) is 2.52. The van der Waals surface area contributed by atoms with Gasteiger partial charge in [0.05, 0.1) is 6.04 Å². The molecule has 3 heterocycles. The van der Waals surface area contributed by atoms with E-state index in [4.69, 9.17) is 0 Å². The molecule has 0 aliphatic carbocycles. The van der Waals surface area contributed by atoms with Gasteiger partial charge in [-0.25, -0.2) is 4.98 Å². The minimum absolute atomic E-state index is 0.0306. The van der Waals surface area contributed by atoms with E-state index in [1.165, 1.54) is 0 Å². The smallest absolute Gasteiger partial charge is 0.259 e. The topological polar surface area (TPSA) is 70.2 Å². The molecule has 1 aliphatic rings. The summed E-state index contributed by atoms with van der Waals surface area (Å²) in [4.78, 5) is 24.2. The van der Waals surface area contributed by atoms with Crippen LogP contribution < -0.4 is 15.5 Å². The van der Waals surface area contributed by atoms with Crippen LogP contribution in [0.5, 0.6) is 0 Å². The van der Waals surface area contributed by atoms with E-state index in [1.807, 2.05) is 71.8 Å². The number of nitrogens with zero attached hydrogens (tertiary/aromatic N) is 3. The van der Waals surface area contributed by atoms with Gasteiger partial charge in [0, 0.05) is 47.5 Å². The second-order valence-electron chi connectivity index (χ2n) is 8.00. The highest BCUT2D eigenvalue weighted by Crippen LogP contribution is 2.26. The number of nitrogens with one attached hydrogen (secondary N) is 2. The van der Waals surface area contributed by atoms with Crippen LogP contribution in [0.15, 0.2) is 85.3 Å². The minimum Gasteiger partial charge on any atom is -0.355 e. The van der Waals surface area contributed by atoms with E-state index >= 15 is 0 Å². The molecule has 32 heavy (non-hydrogen) atoms. The number of rotatable bonds is 5. The van der Waals surface area contributed by atoms with Crippen LogP contribution in [0.25, 0.3) is 10.8 Å². The molecule has 2 N–H and O–H groups in total. The molecule has 0 bridgehead atoms. The summed E-state index contributed by atoms with van der Waals surface area (Å²) >= 11 is 0. The fourth-order valence-corrected chi connectivity index (χ4v) is 4.15. The predicted octanol–water partition coefficient (Wildman–Crippen LogP) is 4.77. The maximum absolute atomic E-state index is 13.7. The zero-order valence-electron chi connectivity index (χ0n) is 17.7. The Balaban J connectivity index is 1.44. The lowest BCUT2D eigenvalue weighted by Gasteiger charge is -2.34. The number of anilines is 3. The third kappa shape index (κ3) is 4.31. The Bertz CT molecular complexity index is 1200. The second kappa shape index (κ2) is 9.16. The van der Waals surface area contributed by atoms with Gasteiger partial charge in [-0.1, -0.05) is 24.3 Å². The highest BCUT2D eigenvalue weighted by Gasteiger charge is 2.28. The Hall–Kier alpha value is -3.77. The van der Waals surface area contributed by atoms with Gasteiger partial charge in [-0.2, -0.15) is 0 Å². The van der Waals surface area contributed by atoms with Crippen molar-refractivity contribution < 1.29 is 4.79 Å². The number of aromatic nitrogens is 2. The molecule has 1 amide bonds. The van der Waals surface area contributed by atoms with Crippen LogP contribution in [-0.2, 0) is 0 Å². The van der Waals surface area contributed by atoms with E-state index in [0.29, 0.717) is 11.4 Å². The van der Waals surface area contributed by atoms with Crippen LogP contribution in [0.2, 0.25) is 0 Å². The van der Waals surface area contributed by atoms with Gasteiger partial charge in [0.25, 0.3) is 5.91 Å². The van der Waals surface area contributed by atoms with Crippen molar-refractivity contribution >= 4 is 33.9 Å². The molecule has 1 saturated heterocycles. The standard InChI is InChI=1S/C26H25N5O/c32-26(19-7-9-22(10-8-19)30-23-11-14-27-15-12-23)31(24-6-3-13-28-18-24)25-16-20-4-1-2-5-21(20)17-29-25/h1-2,4-5,7-12,14-17,24,28H,3,6,13,18H2,(H,27,30)/t24-/m1/s1. The molecule has 160 valence electrons. The Morgan fingerprint density at radius 3 is 2.47 bits per heavy atom. The lowest BCUT2D eigenvalue weighted by Crippen LogP contribution is -2.49. The lowest BCUT2D eigenvalue weighted by molar-refractivity contribution is 0.0971. The Morgan fingerprint density at radius 2 is 1.72 bits per heavy atom. The van der Waals surface area contributed by atoms with Crippen LogP contribution in [-0.4, -0.2) is 35.0 Å². The molecule has 1 atom stereocenters. The molecular weight excluding hydrogens is 398 g/mol. The van der Waals surface area contributed by atoms with Gasteiger partial charge in [0.15, 0.2) is 0 Å². The molecule has 5 rings (SSSR count). The van der Waals surface area contributed by atoms with Crippen molar-refractivity contribution in [3.05, 3.63) is 90.9 Å². The highest BCUT2D eigenvalue weighted by molar-refractivity contribution is 6.07. The summed E-state index contributed by atoms with van der Waals surface area (Å²) < 4.78 is 0. The molecule has 0 saturated carbocycles. The number of amides is 1. The second-order valence-corrected chi connectivity index (χ2v) is 8.00. The monoisotopic (exact) mass is 423 g/mol. The lowest BCUT2D eigenvalue weighted by atomic mass is 10.0. The number of pyridine rings is 2. The Morgan fingerprint density at radius 1 is 0.969 bits per heavy atom. The first-order valence-electron chi connectivity index (χ1n) is 10.9. The van der Waals surface area contributed by atoms with Crippen molar-refractivity contribution in [2.24, 2.45) is 0 Å². The molecule has 0 spiro atoms. The van der Waals surface area contributed by atoms with Gasteiger partial charge in [0.1, 0.15) is 5.82 Å². The molecule has 4 aromatic rings. The number of hydrogen-bond acceptors (Lipinski definition) is 5. The first-order chi connectivity index (χ1) is 15.8. The number of fused-ring (bicyclic) bond motifs is 1. The fraction of sp³-hybridized carbons (Fsp3) is 0.192. The summed E-state index contributed by atoms with van der Waals surface area (Å²) in [5, 5.41) is 8.90. The highest BCUT2D eigenvalue weighted by atomic mass is 16.2. The van der Waals surface area contributed by atoms with Crippen molar-refractivity contribution in [3.63, 3.8) is 0 Å². The van der Waals surface area contributed by atoms with E-state index in [0.717, 1.165) is 48.1 Å². The Kier molecular flexibility index (Phi) is 5.77. The van der Waals surface area contributed by atoms with E-state index in [1.54, 1.807) is 12.4 Å². The normalized spacial score (nSPS) is 15.9. The molecule has 1 aliphatic heterocycles. The van der Waals surface area contributed by atoms with Gasteiger partial charge in [0.2, 0.25) is 0 Å². The third-order valence-electron chi connectivity index (χ3n) is 5.82. The molecule has 6 nitrogen and oxygen atoms in total. The summed E-state index contributed by atoms with van der Waals surface area (Å²) in [7, 11) is 0. The Labute approximate surface area is 187 Å². The summed E-state index contributed by atoms with van der Waals surface area (Å²) in [6.45, 7) is 1.75. The average molecular weight is 424 g/mol. The predicted molar refractivity (Wildman–Crippen MR) is 128 cm³/mol. The summed E-state index contributed by atoms with van der Waals surface area (Å²) in [6.07, 6.45) is 7.33. The summed E-state index contributed by atoms with van der Waals surface area (Å²) in [5.74, 6) is 0.665. The van der Waals surface area contributed by atoms with Crippen molar-refractivity contribution in [1.29, 1.82) is 0 Å². The first-order valence-corrected chi connectivity index (χ1v) is 10.9. The average Bonchev–Trinajstić information content (AvgIpc) is 2.86. The quantitative estimate of drug-likeness (QED) is 0.484. The largest absolute Gasteiger partial charge is 0.355 e. The molecular formula is C26H25N5O. The van der Waals surface area contributed by atoms with Crippen LogP contribution in [0, 0.1) is 0 Å². The maximum atomic E-state index is 13.7. The maximum Gasteiger partial charge on any atom is 0.259 e. The van der Waals surface area contributed by atoms with Crippen molar-refractivity contribution in [2.75, 3.05) is 23.3 Å². The minimum atomic E-state index is -0.0306. The van der Waals surface area contributed by atoms with E-state index in [9.17, 15) is 4.79 Å². The van der Waals surface area contributed by atoms with Crippen LogP contribution in [0.3, 0.4) is 0 Å². The fourth-order valence-electron chi connectivity index (χ4n) is 4.15. The zero-order chi connectivity index (χ0) is 21.8. The van der Waals surface area contributed by atoms with E-state index in [2.05, 4.69) is 26.7 Å². The molecule has 2 aromatic heterocycles. The van der Waals surface area contributed by atoms with Gasteiger partial charge >= 0.3 is 0 Å². The number of benzene rings is 2. The van der Waals surface area contributed by atoms with Crippen molar-refractivity contribution in [1.82, 2.24) is 15.3 Å². The molecule has 0 radical (unpaired) electrons. The third-order valence-corrected chi connectivity index (χ3v) is 5.82. The van der Waals surface area contributed by atoms with Gasteiger partial charge in [-0.05, 0) is 67.2 Å². The number of carbonyl (C=O) groups is 1. The van der Waals surface area contributed by atoms with E-state index < -0.39 is 0 Å². The van der Waals surface area contributed by atoms with E-state index in [-0.39, 0.29) is 11.9 Å².